The van der Waals surface area contributed by atoms with Crippen LogP contribution in [0.15, 0.2) is 28.8 Å². The maximum absolute atomic E-state index is 12.5. The third-order valence-corrected chi connectivity index (χ3v) is 5.54. The number of amides is 2. The number of urea groups is 1. The highest BCUT2D eigenvalue weighted by Crippen LogP contribution is 2.38. The van der Waals surface area contributed by atoms with Crippen LogP contribution in [0.2, 0.25) is 0 Å². The molecule has 0 bridgehead atoms. The molecule has 2 heterocycles. The lowest BCUT2D eigenvalue weighted by Crippen LogP contribution is -2.46. The second kappa shape index (κ2) is 8.63. The minimum atomic E-state index is 0.0161. The highest BCUT2D eigenvalue weighted by Gasteiger charge is 2.30. The zero-order valence-corrected chi connectivity index (χ0v) is 16.4. The van der Waals surface area contributed by atoms with Gasteiger partial charge in [0.05, 0.1) is 7.11 Å². The van der Waals surface area contributed by atoms with Crippen LogP contribution >= 0.6 is 0 Å². The maximum atomic E-state index is 12.5. The summed E-state index contributed by atoms with van der Waals surface area (Å²) < 4.78 is 10.6. The molecular formula is C21H28N4O3. The molecule has 1 saturated carbocycles. The molecule has 1 aliphatic carbocycles. The first-order valence-electron chi connectivity index (χ1n) is 10.2. The van der Waals surface area contributed by atoms with Gasteiger partial charge >= 0.3 is 6.03 Å². The van der Waals surface area contributed by atoms with E-state index in [-0.39, 0.29) is 6.03 Å². The molecule has 1 atom stereocenters. The summed E-state index contributed by atoms with van der Waals surface area (Å²) in [7, 11) is 1.66. The molecule has 0 spiro atoms. The van der Waals surface area contributed by atoms with E-state index >= 15 is 0 Å². The molecule has 0 radical (unpaired) electrons. The van der Waals surface area contributed by atoms with Gasteiger partial charge in [0.2, 0.25) is 5.89 Å². The number of carbonyl (C=O) groups is 1. The molecule has 2 aliphatic rings. The van der Waals surface area contributed by atoms with Gasteiger partial charge in [-0.1, -0.05) is 17.3 Å². The lowest BCUT2D eigenvalue weighted by molar-refractivity contribution is 0.162. The van der Waals surface area contributed by atoms with Gasteiger partial charge in [0.15, 0.2) is 5.82 Å². The molecule has 7 nitrogen and oxygen atoms in total. The monoisotopic (exact) mass is 384 g/mol. The Morgan fingerprint density at radius 2 is 2.11 bits per heavy atom. The van der Waals surface area contributed by atoms with Crippen LogP contribution in [0.1, 0.15) is 48.9 Å². The minimum Gasteiger partial charge on any atom is -0.497 e. The number of ether oxygens (including phenoxy) is 1. The molecule has 28 heavy (non-hydrogen) atoms. The normalized spacial score (nSPS) is 19.5. The lowest BCUT2D eigenvalue weighted by atomic mass is 9.95. The number of rotatable bonds is 7. The first kappa shape index (κ1) is 18.8. The van der Waals surface area contributed by atoms with Gasteiger partial charge in [-0.3, -0.25) is 0 Å². The first-order chi connectivity index (χ1) is 13.7. The molecule has 7 heteroatoms. The fourth-order valence-electron chi connectivity index (χ4n) is 3.74. The lowest BCUT2D eigenvalue weighted by Gasteiger charge is -2.32. The van der Waals surface area contributed by atoms with E-state index < -0.39 is 0 Å². The number of carbonyl (C=O) groups excluding carboxylic acids is 1. The van der Waals surface area contributed by atoms with Gasteiger partial charge in [0.1, 0.15) is 5.75 Å². The van der Waals surface area contributed by atoms with Crippen molar-refractivity contribution < 1.29 is 14.1 Å². The Morgan fingerprint density at radius 3 is 2.86 bits per heavy atom. The standard InChI is InChI=1S/C21H28N4O3/c1-27-18-8-4-15(5-9-18)10-11-22-21(26)25-12-2-3-16(14-25)13-19-23-20(24-28-19)17-6-7-17/h4-5,8-9,16-17H,2-3,6-7,10-14H2,1H3,(H,22,26)/t16-/m1/s1. The SMILES string of the molecule is COc1ccc(CCNC(=O)N2CCC[C@H](Cc3nc(C4CC4)no3)C2)cc1. The quantitative estimate of drug-likeness (QED) is 0.793. The number of piperidine rings is 1. The number of hydrogen-bond donors (Lipinski definition) is 1. The number of aromatic nitrogens is 2. The summed E-state index contributed by atoms with van der Waals surface area (Å²) in [6.45, 7) is 2.18. The maximum Gasteiger partial charge on any atom is 0.317 e. The fourth-order valence-corrected chi connectivity index (χ4v) is 3.74. The van der Waals surface area contributed by atoms with Gasteiger partial charge in [-0.25, -0.2) is 4.79 Å². The molecule has 1 aliphatic heterocycles. The van der Waals surface area contributed by atoms with E-state index in [2.05, 4.69) is 15.5 Å². The Hall–Kier alpha value is -2.57. The molecule has 0 unspecified atom stereocenters. The van der Waals surface area contributed by atoms with Crippen LogP contribution in [0, 0.1) is 5.92 Å². The summed E-state index contributed by atoms with van der Waals surface area (Å²) >= 11 is 0. The Morgan fingerprint density at radius 1 is 1.29 bits per heavy atom. The number of nitrogens with one attached hydrogen (secondary N) is 1. The van der Waals surface area contributed by atoms with Gasteiger partial charge in [-0.15, -0.1) is 0 Å². The average Bonchev–Trinajstić information content (AvgIpc) is 3.48. The highest BCUT2D eigenvalue weighted by atomic mass is 16.5. The van der Waals surface area contributed by atoms with Crippen LogP contribution in [0.25, 0.3) is 0 Å². The van der Waals surface area contributed by atoms with Crippen molar-refractivity contribution in [1.29, 1.82) is 0 Å². The van der Waals surface area contributed by atoms with Crippen molar-refractivity contribution >= 4 is 6.03 Å². The zero-order valence-electron chi connectivity index (χ0n) is 16.4. The molecule has 2 aromatic rings. The molecule has 4 rings (SSSR count). The van der Waals surface area contributed by atoms with E-state index in [0.29, 0.717) is 24.3 Å². The fraction of sp³-hybridized carbons (Fsp3) is 0.571. The summed E-state index contributed by atoms with van der Waals surface area (Å²) in [5.41, 5.74) is 1.18. The summed E-state index contributed by atoms with van der Waals surface area (Å²) in [5, 5.41) is 7.14. The number of methoxy groups -OCH3 is 1. The third kappa shape index (κ3) is 4.82. The van der Waals surface area contributed by atoms with Crippen molar-refractivity contribution in [2.45, 2.75) is 44.4 Å². The van der Waals surface area contributed by atoms with Crippen molar-refractivity contribution in [2.24, 2.45) is 5.92 Å². The molecule has 150 valence electrons. The van der Waals surface area contributed by atoms with Gasteiger partial charge < -0.3 is 19.5 Å². The van der Waals surface area contributed by atoms with E-state index in [1.807, 2.05) is 29.2 Å². The predicted molar refractivity (Wildman–Crippen MR) is 104 cm³/mol. The topological polar surface area (TPSA) is 80.5 Å². The first-order valence-corrected chi connectivity index (χ1v) is 10.2. The Kier molecular flexibility index (Phi) is 5.78. The molecule has 1 aromatic heterocycles. The summed E-state index contributed by atoms with van der Waals surface area (Å²) in [6.07, 6.45) is 6.02. The van der Waals surface area contributed by atoms with Crippen LogP contribution in [0.3, 0.4) is 0 Å². The van der Waals surface area contributed by atoms with E-state index in [9.17, 15) is 4.79 Å². The number of hydrogen-bond acceptors (Lipinski definition) is 5. The molecule has 1 saturated heterocycles. The number of benzene rings is 1. The summed E-state index contributed by atoms with van der Waals surface area (Å²) in [6, 6.07) is 7.96. The van der Waals surface area contributed by atoms with Gasteiger partial charge in [0, 0.05) is 32.0 Å². The second-order valence-electron chi connectivity index (χ2n) is 7.81. The molecule has 1 N–H and O–H groups in total. The van der Waals surface area contributed by atoms with Crippen molar-refractivity contribution in [1.82, 2.24) is 20.4 Å². The highest BCUT2D eigenvalue weighted by molar-refractivity contribution is 5.74. The van der Waals surface area contributed by atoms with E-state index in [1.54, 1.807) is 7.11 Å². The van der Waals surface area contributed by atoms with E-state index in [1.165, 1.54) is 18.4 Å². The Labute approximate surface area is 165 Å². The third-order valence-electron chi connectivity index (χ3n) is 5.54. The molecule has 2 amide bonds. The van der Waals surface area contributed by atoms with Crippen molar-refractivity contribution in [3.63, 3.8) is 0 Å². The van der Waals surface area contributed by atoms with Crippen LogP contribution in [0.5, 0.6) is 5.75 Å². The number of nitrogens with zero attached hydrogens (tertiary/aromatic N) is 3. The van der Waals surface area contributed by atoms with Crippen LogP contribution in [0.4, 0.5) is 4.79 Å². The smallest absolute Gasteiger partial charge is 0.317 e. The van der Waals surface area contributed by atoms with Crippen LogP contribution < -0.4 is 10.1 Å². The molecule has 1 aromatic carbocycles. The van der Waals surface area contributed by atoms with Crippen molar-refractivity contribution in [2.75, 3.05) is 26.7 Å². The molecule has 2 fully saturated rings. The van der Waals surface area contributed by atoms with E-state index in [4.69, 9.17) is 9.26 Å². The van der Waals surface area contributed by atoms with Gasteiger partial charge in [-0.2, -0.15) is 4.98 Å². The zero-order chi connectivity index (χ0) is 19.3. The predicted octanol–water partition coefficient (Wildman–Crippen LogP) is 3.16. The largest absolute Gasteiger partial charge is 0.497 e. The van der Waals surface area contributed by atoms with Crippen molar-refractivity contribution in [3.05, 3.63) is 41.5 Å². The summed E-state index contributed by atoms with van der Waals surface area (Å²) in [4.78, 5) is 19.0. The minimum absolute atomic E-state index is 0.0161. The van der Waals surface area contributed by atoms with Crippen LogP contribution in [-0.4, -0.2) is 47.8 Å². The molecular weight excluding hydrogens is 356 g/mol. The van der Waals surface area contributed by atoms with Gasteiger partial charge in [0.25, 0.3) is 0 Å². The van der Waals surface area contributed by atoms with Crippen molar-refractivity contribution in [3.8, 4) is 5.75 Å². The second-order valence-corrected chi connectivity index (χ2v) is 7.81. The van der Waals surface area contributed by atoms with E-state index in [0.717, 1.165) is 50.3 Å². The Bertz CT molecular complexity index is 785. The van der Waals surface area contributed by atoms with Gasteiger partial charge in [-0.05, 0) is 55.7 Å². The number of likely N-dealkylation sites (tertiary alicyclic amines) is 1. The summed E-state index contributed by atoms with van der Waals surface area (Å²) in [5.74, 6) is 3.32. The van der Waals surface area contributed by atoms with Crippen LogP contribution in [-0.2, 0) is 12.8 Å². The average molecular weight is 384 g/mol. The Balaban J connectivity index is 1.22.